The van der Waals surface area contributed by atoms with Crippen LogP contribution in [-0.2, 0) is 6.54 Å². The topological polar surface area (TPSA) is 79.6 Å². The van der Waals surface area contributed by atoms with Crippen LogP contribution in [0.25, 0.3) is 22.3 Å². The lowest BCUT2D eigenvalue weighted by atomic mass is 9.25. The lowest BCUT2D eigenvalue weighted by Crippen LogP contribution is -2.51. The molecule has 0 saturated heterocycles. The molecule has 3 aromatic rings. The summed E-state index contributed by atoms with van der Waals surface area (Å²) in [6.45, 7) is 0.0109. The first kappa shape index (κ1) is 19.6. The molecule has 6 nitrogen and oxygen atoms in total. The Bertz CT molecular complexity index is 1020. The van der Waals surface area contributed by atoms with Crippen LogP contribution in [0.5, 0.6) is 0 Å². The second-order valence-corrected chi connectivity index (χ2v) is 7.47. The highest BCUT2D eigenvalue weighted by Crippen LogP contribution is 2.72. The predicted molar refractivity (Wildman–Crippen MR) is 112 cm³/mol. The Balaban J connectivity index is 1.70. The molecule has 0 amide bonds. The Morgan fingerprint density at radius 1 is 1.07 bits per heavy atom. The molecule has 1 fully saturated rings. The van der Waals surface area contributed by atoms with E-state index in [9.17, 15) is 5.11 Å². The zero-order valence-electron chi connectivity index (χ0n) is 14.9. The van der Waals surface area contributed by atoms with E-state index >= 15 is 0 Å². The van der Waals surface area contributed by atoms with E-state index in [1.165, 1.54) is 11.0 Å². The first-order valence-electron chi connectivity index (χ1n) is 8.46. The molecule has 1 aliphatic carbocycles. The van der Waals surface area contributed by atoms with Gasteiger partial charge in [0.15, 0.2) is 0 Å². The molecule has 0 spiro atoms. The molecule has 0 bridgehead atoms. The monoisotopic (exact) mass is 353 g/mol. The summed E-state index contributed by atoms with van der Waals surface area (Å²) in [5.74, 6) is -1.00. The molecule has 13 heteroatoms. The van der Waals surface area contributed by atoms with Gasteiger partial charge < -0.3 is 10.1 Å². The second kappa shape index (κ2) is 5.88. The average molecular weight is 352 g/mol. The van der Waals surface area contributed by atoms with Gasteiger partial charge in [-0.1, -0.05) is 10.4 Å². The van der Waals surface area contributed by atoms with Gasteiger partial charge in [0.2, 0.25) is 0 Å². The molecule has 2 N–H and O–H groups in total. The predicted octanol–water partition coefficient (Wildman–Crippen LogP) is -1.33. The van der Waals surface area contributed by atoms with Crippen molar-refractivity contribution in [3.63, 3.8) is 0 Å². The highest BCUT2D eigenvalue weighted by Gasteiger charge is 2.66. The van der Waals surface area contributed by atoms with Crippen LogP contribution in [0, 0.1) is 5.92 Å². The summed E-state index contributed by atoms with van der Waals surface area (Å²) < 4.78 is 1.51. The van der Waals surface area contributed by atoms with E-state index in [2.05, 4.69) is 20.1 Å². The molecule has 2 atom stereocenters. The van der Waals surface area contributed by atoms with Gasteiger partial charge in [-0.15, -0.1) is 5.21 Å². The van der Waals surface area contributed by atoms with Gasteiger partial charge in [0, 0.05) is 35.4 Å². The van der Waals surface area contributed by atoms with Crippen LogP contribution in [0.1, 0.15) is 0 Å². The smallest absolute Gasteiger partial charge is 0.141 e. The first-order chi connectivity index (χ1) is 12.9. The molecular weight excluding hydrogens is 342 g/mol. The fourth-order valence-corrected chi connectivity index (χ4v) is 3.81. The van der Waals surface area contributed by atoms with E-state index in [1.807, 2.05) is 6.07 Å². The van der Waals surface area contributed by atoms with Gasteiger partial charge in [0.25, 0.3) is 0 Å². The molecule has 1 saturated carbocycles. The lowest BCUT2D eigenvalue weighted by molar-refractivity contribution is 0.105. The van der Waals surface area contributed by atoms with Crippen molar-refractivity contribution in [3.05, 3.63) is 31.0 Å². The molecule has 122 valence electrons. The molecule has 0 aliphatic heterocycles. The van der Waals surface area contributed by atoms with E-state index in [0.717, 1.165) is 10.9 Å². The number of fused-ring (bicyclic) bond motifs is 1. The van der Waals surface area contributed by atoms with Crippen LogP contribution < -0.4 is 0 Å². The Morgan fingerprint density at radius 2 is 1.79 bits per heavy atom. The maximum atomic E-state index is 10.6. The third kappa shape index (κ3) is 2.38. The minimum atomic E-state index is -2.42. The summed E-state index contributed by atoms with van der Waals surface area (Å²) in [5.41, 5.74) is -0.318. The van der Waals surface area contributed by atoms with Crippen LogP contribution in [-0.4, -0.2) is 90.3 Å². The summed E-state index contributed by atoms with van der Waals surface area (Å²) in [7, 11) is 42.2. The summed E-state index contributed by atoms with van der Waals surface area (Å²) in [6, 6.07) is 1.86. The average Bonchev–Trinajstić information content (AvgIpc) is 3.28. The van der Waals surface area contributed by atoms with Gasteiger partial charge in [-0.25, -0.2) is 9.97 Å². The Labute approximate surface area is 171 Å². The van der Waals surface area contributed by atoms with E-state index < -0.39 is 27.1 Å². The van der Waals surface area contributed by atoms with Crippen molar-refractivity contribution in [2.75, 3.05) is 0 Å². The number of rotatable bonds is 3. The van der Waals surface area contributed by atoms with Crippen molar-refractivity contribution in [1.82, 2.24) is 24.7 Å². The molecule has 2 unspecified atom stereocenters. The van der Waals surface area contributed by atoms with Crippen molar-refractivity contribution in [2.24, 2.45) is 5.92 Å². The van der Waals surface area contributed by atoms with E-state index in [0.29, 0.717) is 11.3 Å². The molecule has 14 radical (unpaired) electrons. The van der Waals surface area contributed by atoms with Crippen molar-refractivity contribution in [3.8, 4) is 11.3 Å². The van der Waals surface area contributed by atoms with Crippen molar-refractivity contribution in [1.29, 1.82) is 0 Å². The first-order valence-corrected chi connectivity index (χ1v) is 8.46. The van der Waals surface area contributed by atoms with Gasteiger partial charge in [-0.05, 0) is 12.0 Å². The number of H-pyrrole nitrogens is 1. The summed E-state index contributed by atoms with van der Waals surface area (Å²) in [4.78, 5) is 11.5. The van der Waals surface area contributed by atoms with Crippen LogP contribution in [0.4, 0.5) is 0 Å². The van der Waals surface area contributed by atoms with E-state index in [-0.39, 0.29) is 6.54 Å². The Hall–Kier alpha value is -1.76. The number of hydrogen-bond acceptors (Lipinski definition) is 4. The quantitative estimate of drug-likeness (QED) is 0.573. The number of aliphatic hydroxyl groups is 1. The lowest BCUT2D eigenvalue weighted by Gasteiger charge is -2.49. The summed E-state index contributed by atoms with van der Waals surface area (Å²) >= 11 is 0. The van der Waals surface area contributed by atoms with Gasteiger partial charge in [0.1, 0.15) is 19.8 Å². The standard InChI is InChI=1S/C15H10B7N5O/c16-12(17)9(13(18,19)15(22,28)14(12,20)21)5-27-4-7(3-26-27)10-8-1-2-23-11(8)25-6-24-10/h1-4,6,9,28H,5H2,(H,23,24,25). The number of aromatic amines is 1. The van der Waals surface area contributed by atoms with Crippen LogP contribution in [0.3, 0.4) is 0 Å². The Kier molecular flexibility index (Phi) is 4.11. The molecular formula is C15H10B7N5O. The number of hydrogen-bond donors (Lipinski definition) is 2. The molecule has 0 aromatic carbocycles. The fraction of sp³-hybridized carbons (Fsp3) is 0.400. The van der Waals surface area contributed by atoms with E-state index in [4.69, 9.17) is 54.9 Å². The van der Waals surface area contributed by atoms with Crippen LogP contribution in [0.15, 0.2) is 31.0 Å². The number of nitrogens with zero attached hydrogens (tertiary/aromatic N) is 4. The molecule has 1 aliphatic rings. The fourth-order valence-electron chi connectivity index (χ4n) is 3.81. The maximum Gasteiger partial charge on any atom is 0.141 e. The summed E-state index contributed by atoms with van der Waals surface area (Å²) in [5, 5.41) is 9.71. The minimum Gasteiger partial charge on any atom is -0.402 e. The van der Waals surface area contributed by atoms with E-state index in [1.54, 1.807) is 18.6 Å². The normalized spacial score (nSPS) is 27.8. The molecule has 4 rings (SSSR count). The van der Waals surface area contributed by atoms with Gasteiger partial charge >= 0.3 is 0 Å². The SMILES string of the molecule is [B]C1([B])C(Cn2cc(-c3ncnc4[nH]ccc34)cn2)C([B])([B])C([B])(O)C1([B])[B]. The highest BCUT2D eigenvalue weighted by molar-refractivity contribution is 6.61. The van der Waals surface area contributed by atoms with Gasteiger partial charge in [-0.3, -0.25) is 4.68 Å². The largest absolute Gasteiger partial charge is 0.402 e. The zero-order valence-corrected chi connectivity index (χ0v) is 14.9. The number of aromatic nitrogens is 5. The minimum absolute atomic E-state index is 0.0109. The van der Waals surface area contributed by atoms with Crippen molar-refractivity contribution >= 4 is 66.0 Å². The Morgan fingerprint density at radius 3 is 2.43 bits per heavy atom. The maximum absolute atomic E-state index is 10.6. The van der Waals surface area contributed by atoms with Crippen molar-refractivity contribution < 1.29 is 5.11 Å². The van der Waals surface area contributed by atoms with Crippen LogP contribution in [0.2, 0.25) is 15.6 Å². The number of nitrogens with one attached hydrogen (secondary N) is 1. The molecule has 28 heavy (non-hydrogen) atoms. The molecule has 3 aromatic heterocycles. The van der Waals surface area contributed by atoms with Gasteiger partial charge in [-0.2, -0.15) is 5.10 Å². The highest BCUT2D eigenvalue weighted by atomic mass is 16.3. The van der Waals surface area contributed by atoms with Crippen LogP contribution >= 0.6 is 0 Å². The third-order valence-electron chi connectivity index (χ3n) is 5.79. The third-order valence-corrected chi connectivity index (χ3v) is 5.79. The summed E-state index contributed by atoms with van der Waals surface area (Å²) in [6.07, 6.45) is 6.54. The second-order valence-electron chi connectivity index (χ2n) is 7.47. The zero-order chi connectivity index (χ0) is 20.5. The van der Waals surface area contributed by atoms with Crippen molar-refractivity contribution in [2.45, 2.75) is 27.7 Å². The van der Waals surface area contributed by atoms with Gasteiger partial charge in [0.05, 0.1) is 59.0 Å². The molecule has 3 heterocycles.